The quantitative estimate of drug-likeness (QED) is 0.505. The van der Waals surface area contributed by atoms with Gasteiger partial charge in [-0.3, -0.25) is 0 Å². The molecule has 82 valence electrons. The van der Waals surface area contributed by atoms with E-state index < -0.39 is 0 Å². The Morgan fingerprint density at radius 2 is 2.14 bits per heavy atom. The zero-order chi connectivity index (χ0) is 10.2. The normalized spacial score (nSPS) is 27.5. The largest absolute Gasteiger partial charge is 0.393 e. The molecule has 0 radical (unpaired) electrons. The Morgan fingerprint density at radius 1 is 1.36 bits per heavy atom. The van der Waals surface area contributed by atoms with Crippen molar-refractivity contribution >= 4 is 0 Å². The van der Waals surface area contributed by atoms with E-state index in [-0.39, 0.29) is 6.10 Å². The predicted molar refractivity (Wildman–Crippen MR) is 60.3 cm³/mol. The highest BCUT2D eigenvalue weighted by atomic mass is 16.3. The molecule has 1 fully saturated rings. The molecule has 0 bridgehead atoms. The molecule has 0 aliphatic heterocycles. The minimum absolute atomic E-state index is 0.0596. The van der Waals surface area contributed by atoms with Crippen molar-refractivity contribution in [1.29, 1.82) is 0 Å². The van der Waals surface area contributed by atoms with E-state index in [2.05, 4.69) is 11.9 Å². The van der Waals surface area contributed by atoms with Gasteiger partial charge in [0.25, 0.3) is 0 Å². The average molecular weight is 197 g/mol. The zero-order valence-corrected chi connectivity index (χ0v) is 9.04. The standard InChI is InChI=1S/C12H23NO/c1-2-3-6-9-13-10-11-7-4-5-8-12(11)14/h2,11-14H,1,3-10H2. The van der Waals surface area contributed by atoms with Crippen molar-refractivity contribution in [3.8, 4) is 0 Å². The van der Waals surface area contributed by atoms with Gasteiger partial charge in [0.1, 0.15) is 0 Å². The van der Waals surface area contributed by atoms with Gasteiger partial charge in [-0.25, -0.2) is 0 Å². The molecule has 0 heterocycles. The first-order valence-electron chi connectivity index (χ1n) is 5.84. The summed E-state index contributed by atoms with van der Waals surface area (Å²) in [5, 5.41) is 13.1. The highest BCUT2D eigenvalue weighted by Gasteiger charge is 2.21. The molecule has 2 heteroatoms. The van der Waals surface area contributed by atoms with E-state index in [1.165, 1.54) is 19.3 Å². The van der Waals surface area contributed by atoms with Crippen LogP contribution in [0.2, 0.25) is 0 Å². The Morgan fingerprint density at radius 3 is 2.86 bits per heavy atom. The second kappa shape index (κ2) is 7.02. The SMILES string of the molecule is C=CCCCNCC1CCCCC1O. The molecular formula is C12H23NO. The highest BCUT2D eigenvalue weighted by Crippen LogP contribution is 2.23. The summed E-state index contributed by atoms with van der Waals surface area (Å²) in [4.78, 5) is 0. The van der Waals surface area contributed by atoms with Gasteiger partial charge in [0.15, 0.2) is 0 Å². The van der Waals surface area contributed by atoms with Crippen LogP contribution in [-0.2, 0) is 0 Å². The van der Waals surface area contributed by atoms with E-state index in [4.69, 9.17) is 0 Å². The van der Waals surface area contributed by atoms with Gasteiger partial charge in [-0.05, 0) is 38.1 Å². The highest BCUT2D eigenvalue weighted by molar-refractivity contribution is 4.76. The maximum Gasteiger partial charge on any atom is 0.0580 e. The summed E-state index contributed by atoms with van der Waals surface area (Å²) in [5.41, 5.74) is 0. The molecule has 0 amide bonds. The molecule has 2 N–H and O–H groups in total. The summed E-state index contributed by atoms with van der Waals surface area (Å²) in [6.07, 6.45) is 8.82. The molecule has 2 unspecified atom stereocenters. The predicted octanol–water partition coefficient (Wildman–Crippen LogP) is 2.09. The van der Waals surface area contributed by atoms with Gasteiger partial charge in [0, 0.05) is 6.54 Å². The van der Waals surface area contributed by atoms with Crippen LogP contribution in [0.5, 0.6) is 0 Å². The summed E-state index contributed by atoms with van der Waals surface area (Å²) in [5.74, 6) is 0.493. The van der Waals surface area contributed by atoms with E-state index in [9.17, 15) is 5.11 Å². The zero-order valence-electron chi connectivity index (χ0n) is 9.04. The fourth-order valence-electron chi connectivity index (χ4n) is 2.09. The van der Waals surface area contributed by atoms with Crippen molar-refractivity contribution in [2.24, 2.45) is 5.92 Å². The molecule has 1 rings (SSSR count). The lowest BCUT2D eigenvalue weighted by Gasteiger charge is -2.27. The van der Waals surface area contributed by atoms with E-state index in [0.29, 0.717) is 5.92 Å². The fourth-order valence-corrected chi connectivity index (χ4v) is 2.09. The van der Waals surface area contributed by atoms with Crippen LogP contribution in [0.3, 0.4) is 0 Å². The number of unbranched alkanes of at least 4 members (excludes halogenated alkanes) is 1. The van der Waals surface area contributed by atoms with Crippen LogP contribution in [0, 0.1) is 5.92 Å². The molecule has 2 nitrogen and oxygen atoms in total. The smallest absolute Gasteiger partial charge is 0.0580 e. The number of aliphatic hydroxyl groups excluding tert-OH is 1. The third-order valence-corrected chi connectivity index (χ3v) is 3.04. The molecule has 0 aromatic rings. The monoisotopic (exact) mass is 197 g/mol. The summed E-state index contributed by atoms with van der Waals surface area (Å²) in [6.45, 7) is 5.73. The van der Waals surface area contributed by atoms with Gasteiger partial charge in [0.05, 0.1) is 6.10 Å². The maximum absolute atomic E-state index is 9.72. The van der Waals surface area contributed by atoms with Gasteiger partial charge in [-0.1, -0.05) is 18.9 Å². The van der Waals surface area contributed by atoms with Crippen LogP contribution in [0.15, 0.2) is 12.7 Å². The van der Waals surface area contributed by atoms with Gasteiger partial charge < -0.3 is 10.4 Å². The fraction of sp³-hybridized carbons (Fsp3) is 0.833. The van der Waals surface area contributed by atoms with Gasteiger partial charge in [0.2, 0.25) is 0 Å². The average Bonchev–Trinajstić information content (AvgIpc) is 2.20. The van der Waals surface area contributed by atoms with E-state index in [0.717, 1.165) is 32.4 Å². The molecule has 1 aliphatic carbocycles. The molecule has 0 spiro atoms. The second-order valence-corrected chi connectivity index (χ2v) is 4.25. The van der Waals surface area contributed by atoms with Crippen LogP contribution in [0.4, 0.5) is 0 Å². The molecular weight excluding hydrogens is 174 g/mol. The van der Waals surface area contributed by atoms with Crippen LogP contribution in [0.1, 0.15) is 38.5 Å². The van der Waals surface area contributed by atoms with E-state index >= 15 is 0 Å². The molecule has 2 atom stereocenters. The summed E-state index contributed by atoms with van der Waals surface area (Å²) < 4.78 is 0. The molecule has 0 aromatic carbocycles. The maximum atomic E-state index is 9.72. The van der Waals surface area contributed by atoms with Crippen molar-refractivity contribution in [1.82, 2.24) is 5.32 Å². The third kappa shape index (κ3) is 4.25. The number of rotatable bonds is 6. The lowest BCUT2D eigenvalue weighted by atomic mass is 9.86. The topological polar surface area (TPSA) is 32.3 Å². The van der Waals surface area contributed by atoms with Gasteiger partial charge in [-0.15, -0.1) is 6.58 Å². The third-order valence-electron chi connectivity index (χ3n) is 3.04. The molecule has 1 aliphatic rings. The van der Waals surface area contributed by atoms with Gasteiger partial charge >= 0.3 is 0 Å². The van der Waals surface area contributed by atoms with E-state index in [1.807, 2.05) is 6.08 Å². The minimum Gasteiger partial charge on any atom is -0.393 e. The molecule has 0 aromatic heterocycles. The van der Waals surface area contributed by atoms with Gasteiger partial charge in [-0.2, -0.15) is 0 Å². The molecule has 1 saturated carbocycles. The van der Waals surface area contributed by atoms with Crippen molar-refractivity contribution in [3.63, 3.8) is 0 Å². The Labute approximate surface area is 87.4 Å². The summed E-state index contributed by atoms with van der Waals surface area (Å²) in [7, 11) is 0. The summed E-state index contributed by atoms with van der Waals surface area (Å²) >= 11 is 0. The number of allylic oxidation sites excluding steroid dienone is 1. The van der Waals surface area contributed by atoms with Crippen LogP contribution < -0.4 is 5.32 Å². The number of aliphatic hydroxyl groups is 1. The Bertz CT molecular complexity index is 158. The summed E-state index contributed by atoms with van der Waals surface area (Å²) in [6, 6.07) is 0. The molecule has 0 saturated heterocycles. The Kier molecular flexibility index (Phi) is 5.88. The van der Waals surface area contributed by atoms with Crippen LogP contribution >= 0.6 is 0 Å². The number of hydrogen-bond acceptors (Lipinski definition) is 2. The van der Waals surface area contributed by atoms with Crippen LogP contribution in [0.25, 0.3) is 0 Å². The number of hydrogen-bond donors (Lipinski definition) is 2. The Hall–Kier alpha value is -0.340. The van der Waals surface area contributed by atoms with Crippen molar-refractivity contribution < 1.29 is 5.11 Å². The first-order chi connectivity index (χ1) is 6.84. The first-order valence-corrected chi connectivity index (χ1v) is 5.84. The van der Waals surface area contributed by atoms with Crippen molar-refractivity contribution in [3.05, 3.63) is 12.7 Å². The van der Waals surface area contributed by atoms with Crippen LogP contribution in [-0.4, -0.2) is 24.3 Å². The first kappa shape index (κ1) is 11.7. The minimum atomic E-state index is -0.0596. The molecule has 14 heavy (non-hydrogen) atoms. The Balaban J connectivity index is 2.01. The lowest BCUT2D eigenvalue weighted by Crippen LogP contribution is -2.34. The second-order valence-electron chi connectivity index (χ2n) is 4.25. The van der Waals surface area contributed by atoms with Crippen molar-refractivity contribution in [2.75, 3.05) is 13.1 Å². The lowest BCUT2D eigenvalue weighted by molar-refractivity contribution is 0.0697. The van der Waals surface area contributed by atoms with Crippen molar-refractivity contribution in [2.45, 2.75) is 44.6 Å². The van der Waals surface area contributed by atoms with E-state index in [1.54, 1.807) is 0 Å². The number of nitrogens with one attached hydrogen (secondary N) is 1.